The molecule has 0 aromatic heterocycles. The zero-order chi connectivity index (χ0) is 65.4. The molecule has 3 saturated carbocycles. The number of hydrogen-bond donors (Lipinski definition) is 3. The van der Waals surface area contributed by atoms with Gasteiger partial charge in [0.1, 0.15) is 0 Å². The maximum absolute atomic E-state index is 12.8. The Labute approximate surface area is 584 Å². The molecule has 0 atom stereocenters. The summed E-state index contributed by atoms with van der Waals surface area (Å²) in [7, 11) is -4.50. The van der Waals surface area contributed by atoms with Crippen LogP contribution in [-0.4, -0.2) is 151 Å². The van der Waals surface area contributed by atoms with Gasteiger partial charge in [0.05, 0.1) is 65.1 Å². The molecule has 7 aliphatic rings. The maximum atomic E-state index is 12.8. The van der Waals surface area contributed by atoms with Gasteiger partial charge in [-0.05, 0) is 221 Å². The van der Waals surface area contributed by atoms with Gasteiger partial charge in [-0.1, -0.05) is 57.9 Å². The molecule has 0 unspecified atom stereocenters. The Balaban J connectivity index is 0.000000195. The number of aliphatic hydroxyl groups is 1. The molecule has 0 amide bonds. The number of carbonyl (C=O) groups excluding carboxylic acids is 2. The molecular formula is C66H83BBr2MgN6O14S3. The second-order valence-electron chi connectivity index (χ2n) is 24.3. The summed E-state index contributed by atoms with van der Waals surface area (Å²) in [5, 5.41) is 28.3. The number of halogens is 2. The normalized spacial score (nSPS) is 17.3. The Morgan fingerprint density at radius 1 is 0.548 bits per heavy atom. The van der Waals surface area contributed by atoms with Crippen molar-refractivity contribution in [1.82, 2.24) is 0 Å². The Morgan fingerprint density at radius 2 is 0.914 bits per heavy atom. The van der Waals surface area contributed by atoms with Crippen LogP contribution < -0.4 is 48.3 Å². The van der Waals surface area contributed by atoms with Gasteiger partial charge in [0.15, 0.2) is 0 Å². The fraction of sp³-hybridized carbons (Fsp3) is 0.409. The minimum Gasteiger partial charge on any atom is -1.00 e. The van der Waals surface area contributed by atoms with Crippen LogP contribution in [0.15, 0.2) is 114 Å². The van der Waals surface area contributed by atoms with Gasteiger partial charge in [0.25, 0.3) is 0 Å². The predicted octanol–water partition coefficient (Wildman–Crippen LogP) is 6.85. The largest absolute Gasteiger partial charge is 2.00 e. The van der Waals surface area contributed by atoms with Gasteiger partial charge in [-0.25, -0.2) is 9.59 Å². The molecule has 498 valence electrons. The van der Waals surface area contributed by atoms with E-state index < -0.39 is 55.3 Å². The second kappa shape index (κ2) is 31.2. The summed E-state index contributed by atoms with van der Waals surface area (Å²) in [5.74, 6) is 0.578. The smallest absolute Gasteiger partial charge is 1.00 e. The summed E-state index contributed by atoms with van der Waals surface area (Å²) in [6, 6.07) is 33.0. The number of benzene rings is 6. The zero-order valence-electron chi connectivity index (χ0n) is 54.6. The van der Waals surface area contributed by atoms with E-state index in [9.17, 15) is 39.9 Å². The topological polar surface area (TPSA) is 244 Å². The maximum Gasteiger partial charge on any atom is 2.00 e. The molecule has 0 bridgehead atoms. The molecule has 4 fully saturated rings. The molecule has 6 aromatic carbocycles. The standard InChI is InChI=1S/C21H26N2O3S.C20H22N2O4S.C11H13BrN2O2S.C9H11BO4.C4H8O.CH3.BrH.Mg/c1-14-5-9-17(21(2,3)24)12-18(14)16-8-10-19-20(11-16)22(4)27(25,26)23(19)13-15-6-7-15;1-13-4-7-16(20(23)26-3)10-17(13)15-8-9-18-19(11-15)21(2)27(24,25)22(18)12-14-5-6-14;1-13-11-6-9(12)4-5-10(11)14(17(13,15)16)7-8-2-3-8;1-6-3-4-7(9(11)14-2)5-8(6)10(12)13;1-2-4-5-3-1;;;/h5,8-12,15,24H,6-7,13H2,1-4H3;4,7-11,14H,5-6,12H2,1-3H3;4-6,8H,2-3,7H2,1H3;3-5,12-13H,1-2H3;1-4H2;1H3;1H;/q;;;;;-1;;+2/p-1. The van der Waals surface area contributed by atoms with E-state index in [1.807, 2.05) is 92.7 Å². The SMILES string of the molecule is C1CCOC1.CN1c2cc(Br)ccc2N(CC2CC2)S1(=O)=O.COC(=O)c1ccc(C)c(-c2ccc3c(c2)N(C)S(=O)(=O)N3CC2CC2)c1.COC(=O)c1ccc(C)c(B(O)O)c1.Cc1ccc(C(C)(C)O)cc1-c1ccc2c(c1)N(C)S(=O)(=O)N2CC1CC1.[Br-].[CH3-].[Mg+2]. The monoisotopic (exact) mass is 1470 g/mol. The average molecular weight is 1480 g/mol. The molecule has 4 heterocycles. The molecule has 93 heavy (non-hydrogen) atoms. The third-order valence-corrected chi connectivity index (χ3v) is 22.8. The quantitative estimate of drug-likeness (QED) is 0.0645. The first-order valence-corrected chi connectivity index (χ1v) is 35.0. The first kappa shape index (κ1) is 76.6. The van der Waals surface area contributed by atoms with Crippen molar-refractivity contribution >= 4 is 128 Å². The minimum absolute atomic E-state index is 0. The molecular weight excluding hydrogens is 1390 g/mol. The molecule has 3 aliphatic carbocycles. The molecule has 20 nitrogen and oxygen atoms in total. The summed E-state index contributed by atoms with van der Waals surface area (Å²) >= 11 is 3.37. The van der Waals surface area contributed by atoms with Crippen molar-refractivity contribution in [1.29, 1.82) is 0 Å². The molecule has 6 aromatic rings. The fourth-order valence-corrected chi connectivity index (χ4v) is 15.6. The van der Waals surface area contributed by atoms with Crippen LogP contribution in [-0.2, 0) is 50.4 Å². The van der Waals surface area contributed by atoms with Gasteiger partial charge in [0, 0.05) is 58.5 Å². The van der Waals surface area contributed by atoms with Crippen LogP contribution in [0.1, 0.15) is 108 Å². The molecule has 1 saturated heterocycles. The fourth-order valence-electron chi connectivity index (χ4n) is 10.8. The van der Waals surface area contributed by atoms with Crippen molar-refractivity contribution in [2.75, 3.05) is 94.0 Å². The molecule has 0 spiro atoms. The number of rotatable bonds is 12. The second-order valence-corrected chi connectivity index (χ2v) is 30.8. The van der Waals surface area contributed by atoms with E-state index in [1.165, 1.54) is 54.7 Å². The Kier molecular flexibility index (Phi) is 25.7. The van der Waals surface area contributed by atoms with E-state index in [0.717, 1.165) is 118 Å². The van der Waals surface area contributed by atoms with E-state index in [1.54, 1.807) is 70.5 Å². The van der Waals surface area contributed by atoms with Crippen molar-refractivity contribution in [2.45, 2.75) is 91.6 Å². The van der Waals surface area contributed by atoms with Gasteiger partial charge in [-0.2, -0.15) is 25.3 Å². The number of fused-ring (bicyclic) bond motifs is 3. The van der Waals surface area contributed by atoms with E-state index >= 15 is 0 Å². The van der Waals surface area contributed by atoms with Crippen LogP contribution in [0.4, 0.5) is 34.1 Å². The Morgan fingerprint density at radius 3 is 1.28 bits per heavy atom. The summed E-state index contributed by atoms with van der Waals surface area (Å²) in [5.41, 5.74) is 11.9. The molecule has 13 rings (SSSR count). The van der Waals surface area contributed by atoms with E-state index in [4.69, 9.17) is 19.5 Å². The number of ether oxygens (including phenoxy) is 3. The van der Waals surface area contributed by atoms with Crippen LogP contribution in [0.25, 0.3) is 22.3 Å². The van der Waals surface area contributed by atoms with Crippen LogP contribution in [0.5, 0.6) is 0 Å². The molecule has 27 heteroatoms. The van der Waals surface area contributed by atoms with Crippen molar-refractivity contribution in [2.24, 2.45) is 17.8 Å². The first-order chi connectivity index (χ1) is 42.5. The number of methoxy groups -OCH3 is 2. The van der Waals surface area contributed by atoms with Crippen molar-refractivity contribution in [3.63, 3.8) is 0 Å². The number of anilines is 6. The van der Waals surface area contributed by atoms with Crippen molar-refractivity contribution < 1.29 is 81.2 Å². The summed E-state index contributed by atoms with van der Waals surface area (Å²) < 4.78 is 99.6. The number of nitrogens with zero attached hydrogens (tertiary/aromatic N) is 6. The average Bonchev–Trinajstić information content (AvgIpc) is 1.60. The van der Waals surface area contributed by atoms with Gasteiger partial charge in [-0.15, -0.1) is 0 Å². The number of esters is 2. The molecule has 0 radical (unpaired) electrons. The van der Waals surface area contributed by atoms with Crippen LogP contribution in [0.2, 0.25) is 0 Å². The van der Waals surface area contributed by atoms with Crippen molar-refractivity contribution in [3.05, 3.63) is 154 Å². The Bertz CT molecular complexity index is 4030. The van der Waals surface area contributed by atoms with Crippen molar-refractivity contribution in [3.8, 4) is 22.3 Å². The Hall–Kier alpha value is -5.46. The first-order valence-electron chi connectivity index (χ1n) is 30.0. The third-order valence-electron chi connectivity index (χ3n) is 17.0. The van der Waals surface area contributed by atoms with Gasteiger partial charge < -0.3 is 53.8 Å². The summed E-state index contributed by atoms with van der Waals surface area (Å²) in [6.07, 6.45) is 9.21. The van der Waals surface area contributed by atoms with Crippen LogP contribution in [0, 0.1) is 46.0 Å². The van der Waals surface area contributed by atoms with Gasteiger partial charge in [0.2, 0.25) is 0 Å². The number of hydrogen-bond acceptors (Lipinski definition) is 14. The van der Waals surface area contributed by atoms with Crippen LogP contribution in [0.3, 0.4) is 0 Å². The third kappa shape index (κ3) is 17.4. The van der Waals surface area contributed by atoms with Gasteiger partial charge >= 0.3 is 72.7 Å². The zero-order valence-corrected chi connectivity index (χ0v) is 61.6. The minimum atomic E-state index is -3.52. The number of carbonyl (C=O) groups is 2. The van der Waals surface area contributed by atoms with E-state index in [0.29, 0.717) is 70.9 Å². The van der Waals surface area contributed by atoms with E-state index in [2.05, 4.69) is 20.7 Å². The van der Waals surface area contributed by atoms with Gasteiger partial charge in [-0.3, -0.25) is 25.8 Å². The van der Waals surface area contributed by atoms with E-state index in [-0.39, 0.29) is 47.5 Å². The summed E-state index contributed by atoms with van der Waals surface area (Å²) in [6.45, 7) is 13.0. The molecule has 3 N–H and O–H groups in total. The molecule has 4 aliphatic heterocycles. The number of aryl methyl sites for hydroxylation is 3. The summed E-state index contributed by atoms with van der Waals surface area (Å²) in [4.78, 5) is 23.0. The predicted molar refractivity (Wildman–Crippen MR) is 371 cm³/mol. The van der Waals surface area contributed by atoms with Crippen LogP contribution >= 0.6 is 15.9 Å².